The number of rotatable bonds is 11. The highest BCUT2D eigenvalue weighted by Crippen LogP contribution is 2.33. The second-order valence-corrected chi connectivity index (χ2v) is 9.67. The summed E-state index contributed by atoms with van der Waals surface area (Å²) in [6.07, 6.45) is 6.22. The van der Waals surface area contributed by atoms with Gasteiger partial charge in [-0.1, -0.05) is 71.7 Å². The zero-order valence-corrected chi connectivity index (χ0v) is 23.5. The third kappa shape index (κ3) is 7.31. The zero-order chi connectivity index (χ0) is 28.5. The van der Waals surface area contributed by atoms with Gasteiger partial charge in [0.2, 0.25) is 0 Å². The quantitative estimate of drug-likeness (QED) is 0.149. The number of imidazole rings is 1. The molecule has 1 heterocycles. The number of para-hydroxylation sites is 1. The number of aromatic amines is 1. The van der Waals surface area contributed by atoms with Crippen LogP contribution in [0.5, 0.6) is 5.75 Å². The number of carbonyl (C=O) groups excluding carboxylic acids is 2. The van der Waals surface area contributed by atoms with Crippen LogP contribution in [0, 0.1) is 0 Å². The molecule has 4 aromatic rings. The number of halogens is 2. The van der Waals surface area contributed by atoms with Gasteiger partial charge in [-0.15, -0.1) is 0 Å². The summed E-state index contributed by atoms with van der Waals surface area (Å²) in [6.45, 7) is 0.403. The Morgan fingerprint density at radius 2 is 1.80 bits per heavy atom. The summed E-state index contributed by atoms with van der Waals surface area (Å²) < 4.78 is 15.7. The Morgan fingerprint density at radius 1 is 0.975 bits per heavy atom. The summed E-state index contributed by atoms with van der Waals surface area (Å²) in [5.74, 6) is -0.207. The number of nitrogens with zero attached hydrogens (tertiary/aromatic N) is 1. The summed E-state index contributed by atoms with van der Waals surface area (Å²) in [6, 6.07) is 20.7. The Labute approximate surface area is 242 Å². The molecule has 1 aromatic heterocycles. The Kier molecular flexibility index (Phi) is 10.00. The number of methoxy groups -OCH3 is 2. The standard InChI is InChI=1S/C31H28Cl2N2O5/c1-38-29(36)11-6-16-40-27-10-4-3-9-23(27)21-8-5-7-20(17-21)12-15-28-34-19-26(35-28)30(31(37)39-2)24-14-13-22(32)18-25(24)33/h3-5,7-10,12-15,17-19,30H,6,11,16H2,1-2H3,(H,34,35). The van der Waals surface area contributed by atoms with Crippen LogP contribution in [-0.4, -0.2) is 42.7 Å². The van der Waals surface area contributed by atoms with Crippen LogP contribution in [0.4, 0.5) is 0 Å². The topological polar surface area (TPSA) is 90.5 Å². The number of benzene rings is 3. The van der Waals surface area contributed by atoms with E-state index in [1.54, 1.807) is 24.4 Å². The smallest absolute Gasteiger partial charge is 0.319 e. The van der Waals surface area contributed by atoms with Gasteiger partial charge in [-0.25, -0.2) is 4.98 Å². The van der Waals surface area contributed by atoms with Gasteiger partial charge in [0.25, 0.3) is 0 Å². The second kappa shape index (κ2) is 13.8. The Morgan fingerprint density at radius 3 is 2.58 bits per heavy atom. The van der Waals surface area contributed by atoms with Crippen LogP contribution < -0.4 is 4.74 Å². The third-order valence-corrected chi connectivity index (χ3v) is 6.73. The van der Waals surface area contributed by atoms with E-state index in [1.165, 1.54) is 14.2 Å². The lowest BCUT2D eigenvalue weighted by Crippen LogP contribution is -2.16. The minimum atomic E-state index is -0.781. The molecule has 0 fully saturated rings. The Balaban J connectivity index is 1.52. The molecule has 0 saturated carbocycles. The molecule has 0 aliphatic heterocycles. The maximum absolute atomic E-state index is 12.7. The molecule has 1 N–H and O–H groups in total. The van der Waals surface area contributed by atoms with Crippen molar-refractivity contribution >= 4 is 47.3 Å². The van der Waals surface area contributed by atoms with Crippen LogP contribution in [-0.2, 0) is 19.1 Å². The molecule has 0 bridgehead atoms. The van der Waals surface area contributed by atoms with Crippen molar-refractivity contribution in [1.29, 1.82) is 0 Å². The van der Waals surface area contributed by atoms with Gasteiger partial charge < -0.3 is 19.2 Å². The van der Waals surface area contributed by atoms with E-state index in [4.69, 9.17) is 32.7 Å². The average Bonchev–Trinajstić information content (AvgIpc) is 3.44. The van der Waals surface area contributed by atoms with Gasteiger partial charge in [-0.05, 0) is 53.5 Å². The average molecular weight is 579 g/mol. The number of esters is 2. The lowest BCUT2D eigenvalue weighted by Gasteiger charge is -2.15. The number of hydrogen-bond donors (Lipinski definition) is 1. The van der Waals surface area contributed by atoms with Gasteiger partial charge in [-0.3, -0.25) is 9.59 Å². The molecule has 206 valence electrons. The molecule has 1 unspecified atom stereocenters. The van der Waals surface area contributed by atoms with Gasteiger partial charge >= 0.3 is 11.9 Å². The van der Waals surface area contributed by atoms with Gasteiger partial charge in [0, 0.05) is 28.2 Å². The Hall–Kier alpha value is -4.07. The summed E-state index contributed by atoms with van der Waals surface area (Å²) in [5, 5.41) is 0.833. The highest BCUT2D eigenvalue weighted by atomic mass is 35.5. The maximum atomic E-state index is 12.7. The predicted molar refractivity (Wildman–Crippen MR) is 156 cm³/mol. The van der Waals surface area contributed by atoms with E-state index in [9.17, 15) is 9.59 Å². The SMILES string of the molecule is COC(=O)CCCOc1ccccc1-c1cccc(C=Cc2ncc(C(C(=O)OC)c3ccc(Cl)cc3Cl)[nH]2)c1. The first-order chi connectivity index (χ1) is 19.4. The third-order valence-electron chi connectivity index (χ3n) is 6.17. The van der Waals surface area contributed by atoms with E-state index in [0.717, 1.165) is 22.4 Å². The fourth-order valence-corrected chi connectivity index (χ4v) is 4.69. The van der Waals surface area contributed by atoms with Crippen molar-refractivity contribution in [3.05, 3.63) is 106 Å². The lowest BCUT2D eigenvalue weighted by atomic mass is 9.96. The van der Waals surface area contributed by atoms with Crippen molar-refractivity contribution < 1.29 is 23.8 Å². The lowest BCUT2D eigenvalue weighted by molar-refractivity contribution is -0.142. The molecule has 3 aromatic carbocycles. The molecule has 0 aliphatic rings. The normalized spacial score (nSPS) is 11.8. The van der Waals surface area contributed by atoms with Crippen LogP contribution in [0.1, 0.15) is 41.4 Å². The van der Waals surface area contributed by atoms with E-state index in [2.05, 4.69) is 14.7 Å². The molecule has 0 spiro atoms. The van der Waals surface area contributed by atoms with E-state index in [0.29, 0.717) is 46.6 Å². The Bertz CT molecular complexity index is 1520. The monoisotopic (exact) mass is 578 g/mol. The van der Waals surface area contributed by atoms with Gasteiger partial charge in [0.15, 0.2) is 0 Å². The first-order valence-corrected chi connectivity index (χ1v) is 13.3. The molecular formula is C31H28Cl2N2O5. The molecule has 0 aliphatic carbocycles. The van der Waals surface area contributed by atoms with E-state index in [-0.39, 0.29) is 5.97 Å². The van der Waals surface area contributed by atoms with Crippen molar-refractivity contribution in [2.75, 3.05) is 20.8 Å². The number of carbonyl (C=O) groups is 2. The summed E-state index contributed by atoms with van der Waals surface area (Å²) in [5.41, 5.74) is 3.98. The van der Waals surface area contributed by atoms with Crippen LogP contribution in [0.25, 0.3) is 23.3 Å². The van der Waals surface area contributed by atoms with Gasteiger partial charge in [0.1, 0.15) is 17.5 Å². The van der Waals surface area contributed by atoms with Gasteiger partial charge in [-0.2, -0.15) is 0 Å². The van der Waals surface area contributed by atoms with Crippen molar-refractivity contribution in [3.63, 3.8) is 0 Å². The summed E-state index contributed by atoms with van der Waals surface area (Å²) in [7, 11) is 2.70. The minimum Gasteiger partial charge on any atom is -0.493 e. The minimum absolute atomic E-state index is 0.255. The van der Waals surface area contributed by atoms with Crippen molar-refractivity contribution in [1.82, 2.24) is 9.97 Å². The first-order valence-electron chi connectivity index (χ1n) is 12.5. The highest BCUT2D eigenvalue weighted by Gasteiger charge is 2.27. The summed E-state index contributed by atoms with van der Waals surface area (Å²) >= 11 is 12.4. The maximum Gasteiger partial charge on any atom is 0.319 e. The molecule has 0 radical (unpaired) electrons. The molecule has 7 nitrogen and oxygen atoms in total. The van der Waals surface area contributed by atoms with E-state index in [1.807, 2.05) is 60.7 Å². The number of ether oxygens (including phenoxy) is 3. The fourth-order valence-electron chi connectivity index (χ4n) is 4.17. The van der Waals surface area contributed by atoms with Crippen LogP contribution >= 0.6 is 23.2 Å². The fraction of sp³-hybridized carbons (Fsp3) is 0.194. The van der Waals surface area contributed by atoms with Crippen molar-refractivity contribution in [3.8, 4) is 16.9 Å². The van der Waals surface area contributed by atoms with Crippen LogP contribution in [0.3, 0.4) is 0 Å². The predicted octanol–water partition coefficient (Wildman–Crippen LogP) is 7.19. The van der Waals surface area contributed by atoms with Crippen LogP contribution in [0.2, 0.25) is 10.0 Å². The molecule has 0 saturated heterocycles. The van der Waals surface area contributed by atoms with Crippen molar-refractivity contribution in [2.24, 2.45) is 0 Å². The largest absolute Gasteiger partial charge is 0.493 e. The van der Waals surface area contributed by atoms with Crippen LogP contribution in [0.15, 0.2) is 72.9 Å². The van der Waals surface area contributed by atoms with E-state index < -0.39 is 11.9 Å². The first kappa shape index (κ1) is 28.9. The molecule has 0 amide bonds. The number of H-pyrrole nitrogens is 1. The number of aromatic nitrogens is 2. The summed E-state index contributed by atoms with van der Waals surface area (Å²) in [4.78, 5) is 31.6. The molecule has 1 atom stereocenters. The highest BCUT2D eigenvalue weighted by molar-refractivity contribution is 6.35. The molecule has 9 heteroatoms. The van der Waals surface area contributed by atoms with Gasteiger partial charge in [0.05, 0.1) is 26.5 Å². The molecular weight excluding hydrogens is 551 g/mol. The van der Waals surface area contributed by atoms with Crippen molar-refractivity contribution in [2.45, 2.75) is 18.8 Å². The van der Waals surface area contributed by atoms with E-state index >= 15 is 0 Å². The number of nitrogens with one attached hydrogen (secondary N) is 1. The molecule has 40 heavy (non-hydrogen) atoms. The number of hydrogen-bond acceptors (Lipinski definition) is 6. The zero-order valence-electron chi connectivity index (χ0n) is 22.0. The molecule has 4 rings (SSSR count). The second-order valence-electron chi connectivity index (χ2n) is 8.83.